The predicted molar refractivity (Wildman–Crippen MR) is 74.4 cm³/mol. The molecule has 3 rings (SSSR count). The Bertz CT molecular complexity index is 796. The van der Waals surface area contributed by atoms with E-state index in [4.69, 9.17) is 0 Å². The first kappa shape index (κ1) is 13.2. The first-order chi connectivity index (χ1) is 10.2. The van der Waals surface area contributed by atoms with Gasteiger partial charge in [-0.05, 0) is 23.8 Å². The lowest BCUT2D eigenvalue weighted by Gasteiger charge is -2.00. The van der Waals surface area contributed by atoms with Gasteiger partial charge in [-0.15, -0.1) is 0 Å². The van der Waals surface area contributed by atoms with E-state index in [1.54, 1.807) is 22.9 Å². The van der Waals surface area contributed by atoms with Crippen LogP contribution in [0.15, 0.2) is 42.7 Å². The van der Waals surface area contributed by atoms with Crippen molar-refractivity contribution in [2.24, 2.45) is 0 Å². The summed E-state index contributed by atoms with van der Waals surface area (Å²) in [5.74, 6) is -0.750. The predicted octanol–water partition coefficient (Wildman–Crippen LogP) is 2.41. The molecule has 0 N–H and O–H groups in total. The number of carbonyl (C=O) groups is 1. The Labute approximate surface area is 120 Å². The zero-order valence-corrected chi connectivity index (χ0v) is 11.3. The van der Waals surface area contributed by atoms with Crippen LogP contribution in [0.25, 0.3) is 10.9 Å². The minimum Gasteiger partial charge on any atom is -0.464 e. The van der Waals surface area contributed by atoms with E-state index < -0.39 is 5.97 Å². The largest absolute Gasteiger partial charge is 0.464 e. The molecule has 3 aromatic rings. The third-order valence-corrected chi connectivity index (χ3v) is 3.09. The maximum absolute atomic E-state index is 12.9. The molecule has 0 spiro atoms. The van der Waals surface area contributed by atoms with Crippen molar-refractivity contribution in [3.63, 3.8) is 0 Å². The summed E-state index contributed by atoms with van der Waals surface area (Å²) in [4.78, 5) is 15.4. The summed E-state index contributed by atoms with van der Waals surface area (Å²) in [7, 11) is 1.31. The fourth-order valence-corrected chi connectivity index (χ4v) is 2.05. The van der Waals surface area contributed by atoms with Crippen LogP contribution in [0.2, 0.25) is 0 Å². The summed E-state index contributed by atoms with van der Waals surface area (Å²) in [6.07, 6.45) is 3.34. The van der Waals surface area contributed by atoms with E-state index in [-0.39, 0.29) is 11.5 Å². The van der Waals surface area contributed by atoms with Crippen molar-refractivity contribution in [2.45, 2.75) is 6.54 Å². The molecule has 0 fully saturated rings. The van der Waals surface area contributed by atoms with Crippen LogP contribution in [-0.2, 0) is 11.3 Å². The van der Waals surface area contributed by atoms with E-state index in [1.807, 2.05) is 6.20 Å². The lowest BCUT2D eigenvalue weighted by Crippen LogP contribution is -2.03. The molecule has 0 bridgehead atoms. The Morgan fingerprint density at radius 2 is 2.10 bits per heavy atom. The van der Waals surface area contributed by atoms with Crippen LogP contribution in [0.1, 0.15) is 16.1 Å². The molecular weight excluding hydrogens is 273 g/mol. The molecular formula is C15H12FN3O2. The van der Waals surface area contributed by atoms with Crippen LogP contribution in [0.3, 0.4) is 0 Å². The van der Waals surface area contributed by atoms with Gasteiger partial charge in [-0.1, -0.05) is 12.1 Å². The number of halogens is 1. The van der Waals surface area contributed by atoms with Gasteiger partial charge in [0.1, 0.15) is 17.0 Å². The number of carbonyl (C=O) groups excluding carboxylic acids is 1. The van der Waals surface area contributed by atoms with Gasteiger partial charge in [-0.2, -0.15) is 5.10 Å². The van der Waals surface area contributed by atoms with Gasteiger partial charge in [0.2, 0.25) is 0 Å². The fraction of sp³-hybridized carbons (Fsp3) is 0.133. The second-order valence-electron chi connectivity index (χ2n) is 4.57. The molecule has 106 valence electrons. The molecule has 0 aliphatic heterocycles. The van der Waals surface area contributed by atoms with Gasteiger partial charge in [0.05, 0.1) is 19.9 Å². The zero-order valence-electron chi connectivity index (χ0n) is 11.3. The Kier molecular flexibility index (Phi) is 3.35. The molecule has 0 saturated carbocycles. The fourth-order valence-electron chi connectivity index (χ4n) is 2.05. The number of pyridine rings is 1. The number of fused-ring (bicyclic) bond motifs is 1. The Balaban J connectivity index is 1.90. The minimum atomic E-state index is -0.483. The zero-order chi connectivity index (χ0) is 14.8. The summed E-state index contributed by atoms with van der Waals surface area (Å²) >= 11 is 0. The Morgan fingerprint density at radius 1 is 1.33 bits per heavy atom. The van der Waals surface area contributed by atoms with Gasteiger partial charge in [0, 0.05) is 11.6 Å². The van der Waals surface area contributed by atoms with Crippen molar-refractivity contribution in [2.75, 3.05) is 7.11 Å². The molecule has 0 amide bonds. The van der Waals surface area contributed by atoms with Gasteiger partial charge >= 0.3 is 5.97 Å². The number of aromatic nitrogens is 3. The average molecular weight is 285 g/mol. The summed E-state index contributed by atoms with van der Waals surface area (Å²) < 4.78 is 19.2. The molecule has 1 aromatic carbocycles. The maximum Gasteiger partial charge on any atom is 0.356 e. The summed E-state index contributed by atoms with van der Waals surface area (Å²) in [6, 6.07) is 7.87. The lowest BCUT2D eigenvalue weighted by molar-refractivity contribution is 0.0594. The number of rotatable bonds is 3. The molecule has 0 unspecified atom stereocenters. The molecule has 0 aliphatic rings. The van der Waals surface area contributed by atoms with Crippen LogP contribution >= 0.6 is 0 Å². The standard InChI is InChI=1S/C15H12FN3O2/c1-21-15(20)13-6-11-9-19(18-14(11)7-17-13)8-10-2-4-12(16)5-3-10/h2-7,9H,8H2,1H3. The molecule has 0 aliphatic carbocycles. The molecule has 2 aromatic heterocycles. The topological polar surface area (TPSA) is 57.0 Å². The number of hydrogen-bond donors (Lipinski definition) is 0. The van der Waals surface area contributed by atoms with Crippen LogP contribution in [0.5, 0.6) is 0 Å². The lowest BCUT2D eigenvalue weighted by atomic mass is 10.2. The maximum atomic E-state index is 12.9. The summed E-state index contributed by atoms with van der Waals surface area (Å²) in [5.41, 5.74) is 1.86. The SMILES string of the molecule is COC(=O)c1cc2cn(Cc3ccc(F)cc3)nc2cn1. The first-order valence-electron chi connectivity index (χ1n) is 6.31. The van der Waals surface area contributed by atoms with Crippen molar-refractivity contribution in [1.29, 1.82) is 0 Å². The molecule has 0 atom stereocenters. The third-order valence-electron chi connectivity index (χ3n) is 3.09. The number of ether oxygens (including phenoxy) is 1. The highest BCUT2D eigenvalue weighted by atomic mass is 19.1. The van der Waals surface area contributed by atoms with Crippen LogP contribution in [-0.4, -0.2) is 27.8 Å². The van der Waals surface area contributed by atoms with E-state index in [9.17, 15) is 9.18 Å². The van der Waals surface area contributed by atoms with E-state index in [0.717, 1.165) is 10.9 Å². The second kappa shape index (κ2) is 5.32. The highest BCUT2D eigenvalue weighted by Gasteiger charge is 2.10. The molecule has 6 heteroatoms. The normalized spacial score (nSPS) is 10.8. The van der Waals surface area contributed by atoms with E-state index in [1.165, 1.54) is 25.4 Å². The van der Waals surface area contributed by atoms with Gasteiger partial charge in [-0.3, -0.25) is 4.68 Å². The van der Waals surface area contributed by atoms with Crippen LogP contribution in [0.4, 0.5) is 4.39 Å². The van der Waals surface area contributed by atoms with Gasteiger partial charge in [-0.25, -0.2) is 14.2 Å². The summed E-state index contributed by atoms with van der Waals surface area (Å²) in [6.45, 7) is 0.516. The second-order valence-corrected chi connectivity index (χ2v) is 4.57. The van der Waals surface area contributed by atoms with Crippen LogP contribution in [0, 0.1) is 5.82 Å². The average Bonchev–Trinajstić information content (AvgIpc) is 2.90. The molecule has 5 nitrogen and oxygen atoms in total. The van der Waals surface area contributed by atoms with Crippen molar-refractivity contribution >= 4 is 16.9 Å². The minimum absolute atomic E-state index is 0.242. The monoisotopic (exact) mass is 285 g/mol. The molecule has 21 heavy (non-hydrogen) atoms. The Morgan fingerprint density at radius 3 is 2.81 bits per heavy atom. The van der Waals surface area contributed by atoms with E-state index in [2.05, 4.69) is 14.8 Å². The van der Waals surface area contributed by atoms with Gasteiger partial charge in [0.25, 0.3) is 0 Å². The van der Waals surface area contributed by atoms with Crippen LogP contribution < -0.4 is 0 Å². The van der Waals surface area contributed by atoms with Gasteiger partial charge in [0.15, 0.2) is 0 Å². The molecule has 2 heterocycles. The van der Waals surface area contributed by atoms with Crippen molar-refractivity contribution < 1.29 is 13.9 Å². The van der Waals surface area contributed by atoms with Crippen molar-refractivity contribution in [1.82, 2.24) is 14.8 Å². The quantitative estimate of drug-likeness (QED) is 0.693. The Hall–Kier alpha value is -2.76. The summed E-state index contributed by atoms with van der Waals surface area (Å²) in [5, 5.41) is 5.16. The van der Waals surface area contributed by atoms with Gasteiger partial charge < -0.3 is 4.74 Å². The molecule has 0 saturated heterocycles. The number of hydrogen-bond acceptors (Lipinski definition) is 4. The van der Waals surface area contributed by atoms with E-state index >= 15 is 0 Å². The van der Waals surface area contributed by atoms with Crippen molar-refractivity contribution in [3.05, 3.63) is 59.8 Å². The highest BCUT2D eigenvalue weighted by Crippen LogP contribution is 2.14. The first-order valence-corrected chi connectivity index (χ1v) is 6.31. The number of methoxy groups -OCH3 is 1. The van der Waals surface area contributed by atoms with E-state index in [0.29, 0.717) is 12.1 Å². The highest BCUT2D eigenvalue weighted by molar-refractivity contribution is 5.91. The third kappa shape index (κ3) is 2.74. The number of benzene rings is 1. The molecule has 0 radical (unpaired) electrons. The van der Waals surface area contributed by atoms with Crippen molar-refractivity contribution in [3.8, 4) is 0 Å². The number of esters is 1. The smallest absolute Gasteiger partial charge is 0.356 e. The number of nitrogens with zero attached hydrogens (tertiary/aromatic N) is 3.